The largest absolute Gasteiger partial charge is 0.462 e. The van der Waals surface area contributed by atoms with E-state index in [0.29, 0.717) is 6.54 Å². The van der Waals surface area contributed by atoms with Gasteiger partial charge >= 0.3 is 5.97 Å². The molecule has 114 valence electrons. The van der Waals surface area contributed by atoms with E-state index in [1.54, 1.807) is 43.3 Å². The number of rotatable bonds is 7. The molecule has 0 heterocycles. The van der Waals surface area contributed by atoms with Gasteiger partial charge in [-0.3, -0.25) is 4.79 Å². The van der Waals surface area contributed by atoms with Crippen LogP contribution in [0.5, 0.6) is 0 Å². The van der Waals surface area contributed by atoms with Crippen molar-refractivity contribution in [2.24, 2.45) is 0 Å². The topological polar surface area (TPSA) is 91.2 Å². The number of para-hydroxylation sites is 1. The zero-order valence-electron chi connectivity index (χ0n) is 12.3. The molecule has 0 saturated heterocycles. The van der Waals surface area contributed by atoms with Crippen molar-refractivity contribution in [1.29, 1.82) is 5.26 Å². The molecule has 1 amide bonds. The van der Waals surface area contributed by atoms with E-state index in [1.165, 1.54) is 6.20 Å². The SMILES string of the molecule is C=CCN/C=C(/C#N)C(=O)Nc1ccccc1C(=O)OCC. The second-order valence-electron chi connectivity index (χ2n) is 4.09. The highest BCUT2D eigenvalue weighted by atomic mass is 16.5. The minimum absolute atomic E-state index is 0.111. The molecular weight excluding hydrogens is 282 g/mol. The van der Waals surface area contributed by atoms with Crippen molar-refractivity contribution in [3.05, 3.63) is 54.3 Å². The smallest absolute Gasteiger partial charge is 0.340 e. The molecule has 0 atom stereocenters. The Hall–Kier alpha value is -3.07. The molecule has 0 aliphatic heterocycles. The summed E-state index contributed by atoms with van der Waals surface area (Å²) in [6.07, 6.45) is 2.89. The number of esters is 1. The fraction of sp³-hybridized carbons (Fsp3) is 0.188. The molecule has 0 unspecified atom stereocenters. The number of nitriles is 1. The van der Waals surface area contributed by atoms with Crippen molar-refractivity contribution in [3.63, 3.8) is 0 Å². The molecule has 6 nitrogen and oxygen atoms in total. The molecule has 2 N–H and O–H groups in total. The monoisotopic (exact) mass is 299 g/mol. The summed E-state index contributed by atoms with van der Waals surface area (Å²) in [6.45, 7) is 5.87. The van der Waals surface area contributed by atoms with E-state index in [2.05, 4.69) is 17.2 Å². The molecule has 0 aliphatic rings. The van der Waals surface area contributed by atoms with Gasteiger partial charge in [-0.2, -0.15) is 5.26 Å². The quantitative estimate of drug-likeness (QED) is 0.264. The average Bonchev–Trinajstić information content (AvgIpc) is 2.52. The molecule has 0 saturated carbocycles. The Morgan fingerprint density at radius 2 is 2.14 bits per heavy atom. The maximum atomic E-state index is 12.1. The summed E-state index contributed by atoms with van der Waals surface area (Å²) in [5.74, 6) is -1.15. The molecule has 6 heteroatoms. The van der Waals surface area contributed by atoms with E-state index in [9.17, 15) is 9.59 Å². The average molecular weight is 299 g/mol. The molecule has 1 aromatic carbocycles. The van der Waals surface area contributed by atoms with E-state index in [-0.39, 0.29) is 23.4 Å². The lowest BCUT2D eigenvalue weighted by atomic mass is 10.1. The summed E-state index contributed by atoms with van der Waals surface area (Å²) in [5, 5.41) is 14.3. The first-order valence-electron chi connectivity index (χ1n) is 6.66. The van der Waals surface area contributed by atoms with Gasteiger partial charge in [-0.1, -0.05) is 18.2 Å². The lowest BCUT2D eigenvalue weighted by molar-refractivity contribution is -0.112. The predicted octanol–water partition coefficient (Wildman–Crippen LogP) is 1.98. The standard InChI is InChI=1S/C16H17N3O3/c1-3-9-18-11-12(10-17)15(20)19-14-8-6-5-7-13(14)16(21)22-4-2/h3,5-8,11,18H,1,4,9H2,2H3,(H,19,20)/b12-11-. The second-order valence-corrected chi connectivity index (χ2v) is 4.09. The van der Waals surface area contributed by atoms with Crippen molar-refractivity contribution in [2.45, 2.75) is 6.92 Å². The van der Waals surface area contributed by atoms with Crippen LogP contribution in [0, 0.1) is 11.3 Å². The van der Waals surface area contributed by atoms with Crippen LogP contribution in [0.3, 0.4) is 0 Å². The molecule has 0 spiro atoms. The number of nitrogens with zero attached hydrogens (tertiary/aromatic N) is 1. The minimum Gasteiger partial charge on any atom is -0.462 e. The Morgan fingerprint density at radius 3 is 2.77 bits per heavy atom. The van der Waals surface area contributed by atoms with E-state index in [1.807, 2.05) is 0 Å². The lowest BCUT2D eigenvalue weighted by Crippen LogP contribution is -2.19. The van der Waals surface area contributed by atoms with Crippen molar-refractivity contribution >= 4 is 17.6 Å². The Bertz CT molecular complexity index is 630. The van der Waals surface area contributed by atoms with Crippen LogP contribution < -0.4 is 10.6 Å². The number of hydrogen-bond acceptors (Lipinski definition) is 5. The predicted molar refractivity (Wildman–Crippen MR) is 82.9 cm³/mol. The first-order chi connectivity index (χ1) is 10.6. The summed E-state index contributed by atoms with van der Waals surface area (Å²) in [5.41, 5.74) is 0.408. The zero-order chi connectivity index (χ0) is 16.4. The highest BCUT2D eigenvalue weighted by Crippen LogP contribution is 2.17. The van der Waals surface area contributed by atoms with Gasteiger partial charge in [0.15, 0.2) is 0 Å². The highest BCUT2D eigenvalue weighted by Gasteiger charge is 2.15. The number of amides is 1. The number of hydrogen-bond donors (Lipinski definition) is 2. The second kappa shape index (κ2) is 8.97. The number of ether oxygens (including phenoxy) is 1. The molecule has 0 aromatic heterocycles. The number of benzene rings is 1. The van der Waals surface area contributed by atoms with Gasteiger partial charge in [0.2, 0.25) is 0 Å². The van der Waals surface area contributed by atoms with Crippen LogP contribution >= 0.6 is 0 Å². The summed E-state index contributed by atoms with van der Waals surface area (Å²) >= 11 is 0. The number of carbonyl (C=O) groups is 2. The van der Waals surface area contributed by atoms with E-state index >= 15 is 0 Å². The van der Waals surface area contributed by atoms with Gasteiger partial charge in [0.1, 0.15) is 11.6 Å². The van der Waals surface area contributed by atoms with Crippen LogP contribution in [0.1, 0.15) is 17.3 Å². The maximum absolute atomic E-state index is 12.1. The Labute approximate surface area is 129 Å². The highest BCUT2D eigenvalue weighted by molar-refractivity contribution is 6.09. The molecule has 0 bridgehead atoms. The molecule has 0 aliphatic carbocycles. The van der Waals surface area contributed by atoms with E-state index < -0.39 is 11.9 Å². The van der Waals surface area contributed by atoms with Crippen LogP contribution in [-0.2, 0) is 9.53 Å². The van der Waals surface area contributed by atoms with Gasteiger partial charge < -0.3 is 15.4 Å². The minimum atomic E-state index is -0.615. The van der Waals surface area contributed by atoms with Crippen LogP contribution in [0.4, 0.5) is 5.69 Å². The first-order valence-corrected chi connectivity index (χ1v) is 6.66. The number of carbonyl (C=O) groups excluding carboxylic acids is 2. The van der Waals surface area contributed by atoms with Gasteiger partial charge in [-0.15, -0.1) is 6.58 Å². The Morgan fingerprint density at radius 1 is 1.41 bits per heavy atom. The van der Waals surface area contributed by atoms with Gasteiger partial charge in [-0.05, 0) is 19.1 Å². The summed E-state index contributed by atoms with van der Waals surface area (Å²) < 4.78 is 4.92. The van der Waals surface area contributed by atoms with Crippen LogP contribution in [0.25, 0.3) is 0 Å². The molecule has 0 radical (unpaired) electrons. The fourth-order valence-corrected chi connectivity index (χ4v) is 1.56. The normalized spacial score (nSPS) is 10.3. The Kier molecular flexibility index (Phi) is 6.93. The van der Waals surface area contributed by atoms with Gasteiger partial charge in [-0.25, -0.2) is 4.79 Å². The number of anilines is 1. The van der Waals surface area contributed by atoms with Crippen molar-refractivity contribution in [1.82, 2.24) is 5.32 Å². The summed E-state index contributed by atoms with van der Waals surface area (Å²) in [4.78, 5) is 23.9. The molecule has 1 aromatic rings. The van der Waals surface area contributed by atoms with Gasteiger partial charge in [0.05, 0.1) is 17.9 Å². The van der Waals surface area contributed by atoms with E-state index in [4.69, 9.17) is 10.00 Å². The zero-order valence-corrected chi connectivity index (χ0v) is 12.3. The molecule has 22 heavy (non-hydrogen) atoms. The van der Waals surface area contributed by atoms with Crippen LogP contribution in [0.2, 0.25) is 0 Å². The summed E-state index contributed by atoms with van der Waals surface area (Å²) in [6, 6.07) is 8.23. The van der Waals surface area contributed by atoms with Crippen LogP contribution in [-0.4, -0.2) is 25.0 Å². The van der Waals surface area contributed by atoms with Crippen molar-refractivity contribution in [2.75, 3.05) is 18.5 Å². The Balaban J connectivity index is 2.92. The third kappa shape index (κ3) is 4.80. The van der Waals surface area contributed by atoms with Crippen molar-refractivity contribution in [3.8, 4) is 6.07 Å². The van der Waals surface area contributed by atoms with Crippen molar-refractivity contribution < 1.29 is 14.3 Å². The van der Waals surface area contributed by atoms with E-state index in [0.717, 1.165) is 0 Å². The summed E-state index contributed by atoms with van der Waals surface area (Å²) in [7, 11) is 0. The third-order valence-electron chi connectivity index (χ3n) is 2.54. The molecular formula is C16H17N3O3. The van der Waals surface area contributed by atoms with Crippen LogP contribution in [0.15, 0.2) is 48.7 Å². The molecule has 1 rings (SSSR count). The maximum Gasteiger partial charge on any atom is 0.340 e. The third-order valence-corrected chi connectivity index (χ3v) is 2.54. The molecule has 0 fully saturated rings. The lowest BCUT2D eigenvalue weighted by Gasteiger charge is -2.09. The van der Waals surface area contributed by atoms with Gasteiger partial charge in [0, 0.05) is 12.7 Å². The van der Waals surface area contributed by atoms with Gasteiger partial charge in [0.25, 0.3) is 5.91 Å². The fourth-order valence-electron chi connectivity index (χ4n) is 1.56. The number of nitrogens with one attached hydrogen (secondary N) is 2. The first kappa shape index (κ1) is 17.0.